The summed E-state index contributed by atoms with van der Waals surface area (Å²) in [5.74, 6) is -1.04. The topological polar surface area (TPSA) is 64.7 Å². The van der Waals surface area contributed by atoms with Gasteiger partial charge in [-0.2, -0.15) is 0 Å². The lowest BCUT2D eigenvalue weighted by Crippen LogP contribution is -2.45. The first-order valence-corrected chi connectivity index (χ1v) is 11.0. The van der Waals surface area contributed by atoms with Crippen molar-refractivity contribution in [1.29, 1.82) is 0 Å². The molecule has 7 heteroatoms. The van der Waals surface area contributed by atoms with Crippen LogP contribution in [-0.2, 0) is 4.79 Å². The predicted octanol–water partition coefficient (Wildman–Crippen LogP) is 4.62. The van der Waals surface area contributed by atoms with Crippen LogP contribution in [0.5, 0.6) is 0 Å². The molecule has 0 aromatic heterocycles. The minimum Gasteiger partial charge on any atom is -0.370 e. The molecule has 1 unspecified atom stereocenters. The normalized spacial score (nSPS) is 18.7. The lowest BCUT2D eigenvalue weighted by Gasteiger charge is -2.32. The van der Waals surface area contributed by atoms with E-state index in [0.717, 1.165) is 49.3 Å². The number of amides is 3. The number of rotatable bonds is 4. The molecule has 0 aliphatic carbocycles. The van der Waals surface area contributed by atoms with Crippen LogP contribution in [-0.4, -0.2) is 43.0 Å². The third-order valence-corrected chi connectivity index (χ3v) is 6.04. The highest BCUT2D eigenvalue weighted by atomic mass is 19.1. The van der Waals surface area contributed by atoms with Crippen molar-refractivity contribution in [2.45, 2.75) is 32.6 Å². The van der Waals surface area contributed by atoms with E-state index < -0.39 is 5.82 Å². The molecule has 2 heterocycles. The van der Waals surface area contributed by atoms with Gasteiger partial charge in [0.15, 0.2) is 0 Å². The van der Waals surface area contributed by atoms with Crippen LogP contribution in [0.1, 0.15) is 31.2 Å². The Kier molecular flexibility index (Phi) is 6.39. The van der Waals surface area contributed by atoms with Gasteiger partial charge in [0.2, 0.25) is 5.91 Å². The number of piperidine rings is 1. The van der Waals surface area contributed by atoms with Gasteiger partial charge in [-0.3, -0.25) is 4.79 Å². The number of urea groups is 1. The quantitative estimate of drug-likeness (QED) is 0.753. The summed E-state index contributed by atoms with van der Waals surface area (Å²) in [6.45, 7) is 4.61. The van der Waals surface area contributed by atoms with E-state index in [0.29, 0.717) is 19.5 Å². The van der Waals surface area contributed by atoms with Crippen molar-refractivity contribution in [2.24, 2.45) is 5.92 Å². The van der Waals surface area contributed by atoms with E-state index in [9.17, 15) is 14.0 Å². The van der Waals surface area contributed by atoms with Gasteiger partial charge in [0, 0.05) is 31.9 Å². The molecule has 164 valence electrons. The van der Waals surface area contributed by atoms with E-state index in [1.807, 2.05) is 37.3 Å². The molecule has 2 aliphatic heterocycles. The Labute approximate surface area is 182 Å². The second-order valence-corrected chi connectivity index (χ2v) is 8.40. The van der Waals surface area contributed by atoms with Gasteiger partial charge in [0.05, 0.1) is 11.6 Å². The maximum atomic E-state index is 14.6. The molecule has 2 aliphatic rings. The number of carbonyl (C=O) groups excluding carboxylic acids is 2. The van der Waals surface area contributed by atoms with Crippen molar-refractivity contribution in [3.8, 4) is 0 Å². The van der Waals surface area contributed by atoms with E-state index >= 15 is 0 Å². The van der Waals surface area contributed by atoms with Crippen LogP contribution in [0.2, 0.25) is 0 Å². The Bertz CT molecular complexity index is 958. The first-order chi connectivity index (χ1) is 15.0. The number of anilines is 3. The summed E-state index contributed by atoms with van der Waals surface area (Å²) in [6, 6.07) is 12.3. The minimum atomic E-state index is -0.428. The second-order valence-electron chi connectivity index (χ2n) is 8.40. The first kappa shape index (κ1) is 21.2. The highest BCUT2D eigenvalue weighted by Crippen LogP contribution is 2.32. The van der Waals surface area contributed by atoms with Gasteiger partial charge in [-0.1, -0.05) is 18.2 Å². The van der Waals surface area contributed by atoms with Gasteiger partial charge in [-0.15, -0.1) is 0 Å². The SMILES string of the molecule is Cc1cccc(NC(=O)N2CCCC(C(=O)Nc3c(F)cccc3N3CCCC3)C2)c1. The molecule has 2 aromatic carbocycles. The number of likely N-dealkylation sites (tertiary alicyclic amines) is 1. The summed E-state index contributed by atoms with van der Waals surface area (Å²) in [7, 11) is 0. The van der Waals surface area contributed by atoms with E-state index in [1.165, 1.54) is 6.07 Å². The summed E-state index contributed by atoms with van der Waals surface area (Å²) in [5.41, 5.74) is 2.78. The average Bonchev–Trinajstić information content (AvgIpc) is 3.30. The predicted molar refractivity (Wildman–Crippen MR) is 121 cm³/mol. The van der Waals surface area contributed by atoms with Crippen molar-refractivity contribution in [2.75, 3.05) is 41.7 Å². The molecule has 2 fully saturated rings. The van der Waals surface area contributed by atoms with Crippen molar-refractivity contribution in [1.82, 2.24) is 4.90 Å². The molecule has 2 saturated heterocycles. The zero-order valence-electron chi connectivity index (χ0n) is 17.9. The highest BCUT2D eigenvalue weighted by molar-refractivity contribution is 5.97. The van der Waals surface area contributed by atoms with Gasteiger partial charge >= 0.3 is 6.03 Å². The Hall–Kier alpha value is -3.09. The number of halogens is 1. The van der Waals surface area contributed by atoms with E-state index in [2.05, 4.69) is 15.5 Å². The Morgan fingerprint density at radius 2 is 1.77 bits per heavy atom. The van der Waals surface area contributed by atoms with Gasteiger partial charge < -0.3 is 20.4 Å². The second kappa shape index (κ2) is 9.37. The van der Waals surface area contributed by atoms with Crippen LogP contribution in [0, 0.1) is 18.7 Å². The lowest BCUT2D eigenvalue weighted by molar-refractivity contribution is -0.121. The summed E-state index contributed by atoms with van der Waals surface area (Å²) in [4.78, 5) is 29.5. The molecule has 1 atom stereocenters. The smallest absolute Gasteiger partial charge is 0.321 e. The minimum absolute atomic E-state index is 0.216. The third kappa shape index (κ3) is 4.98. The average molecular weight is 425 g/mol. The Morgan fingerprint density at radius 3 is 2.55 bits per heavy atom. The van der Waals surface area contributed by atoms with Crippen LogP contribution in [0.3, 0.4) is 0 Å². The number of aryl methyl sites for hydroxylation is 1. The number of para-hydroxylation sites is 1. The zero-order chi connectivity index (χ0) is 21.8. The first-order valence-electron chi connectivity index (χ1n) is 11.0. The standard InChI is InChI=1S/C24H29FN4O2/c1-17-7-4-9-19(15-17)26-24(31)29-14-6-8-18(16-29)23(30)27-22-20(25)10-5-11-21(22)28-12-2-3-13-28/h4-5,7,9-11,15,18H,2-3,6,8,12-14,16H2,1H3,(H,26,31)(H,27,30). The zero-order valence-corrected chi connectivity index (χ0v) is 17.9. The number of hydrogen-bond acceptors (Lipinski definition) is 3. The van der Waals surface area contributed by atoms with Crippen LogP contribution in [0.25, 0.3) is 0 Å². The van der Waals surface area contributed by atoms with E-state index in [-0.39, 0.29) is 23.5 Å². The van der Waals surface area contributed by atoms with Gasteiger partial charge in [-0.25, -0.2) is 9.18 Å². The third-order valence-electron chi connectivity index (χ3n) is 6.04. The van der Waals surface area contributed by atoms with Crippen molar-refractivity contribution in [3.63, 3.8) is 0 Å². The van der Waals surface area contributed by atoms with Gasteiger partial charge in [0.25, 0.3) is 0 Å². The molecule has 3 amide bonds. The molecule has 31 heavy (non-hydrogen) atoms. The molecule has 0 bridgehead atoms. The van der Waals surface area contributed by atoms with Crippen LogP contribution in [0.15, 0.2) is 42.5 Å². The number of hydrogen-bond donors (Lipinski definition) is 2. The molecule has 4 rings (SSSR count). The number of nitrogens with zero attached hydrogens (tertiary/aromatic N) is 2. The largest absolute Gasteiger partial charge is 0.370 e. The molecule has 6 nitrogen and oxygen atoms in total. The van der Waals surface area contributed by atoms with Crippen molar-refractivity contribution in [3.05, 3.63) is 53.8 Å². The summed E-state index contributed by atoms with van der Waals surface area (Å²) in [6.07, 6.45) is 3.54. The molecule has 2 aromatic rings. The highest BCUT2D eigenvalue weighted by Gasteiger charge is 2.30. The van der Waals surface area contributed by atoms with Gasteiger partial charge in [-0.05, 0) is 62.4 Å². The Balaban J connectivity index is 1.42. The van der Waals surface area contributed by atoms with Crippen LogP contribution < -0.4 is 15.5 Å². The monoisotopic (exact) mass is 424 g/mol. The van der Waals surface area contributed by atoms with Crippen LogP contribution >= 0.6 is 0 Å². The van der Waals surface area contributed by atoms with Crippen LogP contribution in [0.4, 0.5) is 26.2 Å². The fourth-order valence-corrected chi connectivity index (χ4v) is 4.38. The summed E-state index contributed by atoms with van der Waals surface area (Å²) < 4.78 is 14.6. The van der Waals surface area contributed by atoms with E-state index in [4.69, 9.17) is 0 Å². The number of nitrogens with one attached hydrogen (secondary N) is 2. The maximum Gasteiger partial charge on any atom is 0.321 e. The van der Waals surface area contributed by atoms with Crippen molar-refractivity contribution >= 4 is 29.0 Å². The fraction of sp³-hybridized carbons (Fsp3) is 0.417. The lowest BCUT2D eigenvalue weighted by atomic mass is 9.97. The Morgan fingerprint density at radius 1 is 1.00 bits per heavy atom. The molecular weight excluding hydrogens is 395 g/mol. The number of carbonyl (C=O) groups is 2. The summed E-state index contributed by atoms with van der Waals surface area (Å²) >= 11 is 0. The molecule has 0 radical (unpaired) electrons. The molecular formula is C24H29FN4O2. The van der Waals surface area contributed by atoms with Gasteiger partial charge in [0.1, 0.15) is 11.5 Å². The number of benzene rings is 2. The fourth-order valence-electron chi connectivity index (χ4n) is 4.38. The summed E-state index contributed by atoms with van der Waals surface area (Å²) in [5, 5.41) is 5.73. The molecule has 0 spiro atoms. The molecule has 2 N–H and O–H groups in total. The van der Waals surface area contributed by atoms with E-state index in [1.54, 1.807) is 11.0 Å². The molecule has 0 saturated carbocycles. The van der Waals surface area contributed by atoms with Crippen molar-refractivity contribution < 1.29 is 14.0 Å². The maximum absolute atomic E-state index is 14.6.